The standard InChI is InChI=1S/C14H19ClN2O.ClH/c1-10-9-16-6-5-13(10)17-14(18)8-11-3-2-4-12(15)7-11;/h2-4,7,10,13,16H,5-6,8-9H2,1H3,(H,17,18);1H. The lowest BCUT2D eigenvalue weighted by atomic mass is 9.95. The average Bonchev–Trinajstić information content (AvgIpc) is 2.32. The van der Waals surface area contributed by atoms with Gasteiger partial charge < -0.3 is 10.6 Å². The molecule has 1 aliphatic rings. The Kier molecular flexibility index (Phi) is 6.63. The molecule has 0 aliphatic carbocycles. The van der Waals surface area contributed by atoms with Gasteiger partial charge in [0.25, 0.3) is 0 Å². The van der Waals surface area contributed by atoms with Gasteiger partial charge in [-0.15, -0.1) is 12.4 Å². The summed E-state index contributed by atoms with van der Waals surface area (Å²) in [6.45, 7) is 4.12. The van der Waals surface area contributed by atoms with Gasteiger partial charge in [-0.3, -0.25) is 4.79 Å². The summed E-state index contributed by atoms with van der Waals surface area (Å²) in [5, 5.41) is 7.12. The molecular weight excluding hydrogens is 283 g/mol. The quantitative estimate of drug-likeness (QED) is 0.900. The SMILES string of the molecule is CC1CNCCC1NC(=O)Cc1cccc(Cl)c1.Cl. The zero-order valence-electron chi connectivity index (χ0n) is 11.0. The minimum atomic E-state index is 0. The number of halogens is 2. The Morgan fingerprint density at radius 3 is 3.00 bits per heavy atom. The molecule has 106 valence electrons. The molecule has 0 aromatic heterocycles. The third-order valence-electron chi connectivity index (χ3n) is 3.39. The van der Waals surface area contributed by atoms with Gasteiger partial charge in [0.05, 0.1) is 6.42 Å². The Bertz CT molecular complexity index is 426. The van der Waals surface area contributed by atoms with Gasteiger partial charge in [-0.1, -0.05) is 30.7 Å². The molecule has 0 bridgehead atoms. The lowest BCUT2D eigenvalue weighted by Crippen LogP contribution is -2.48. The molecule has 1 aromatic carbocycles. The molecule has 1 aliphatic heterocycles. The molecule has 1 amide bonds. The minimum Gasteiger partial charge on any atom is -0.353 e. The van der Waals surface area contributed by atoms with E-state index in [1.165, 1.54) is 0 Å². The lowest BCUT2D eigenvalue weighted by molar-refractivity contribution is -0.121. The summed E-state index contributed by atoms with van der Waals surface area (Å²) in [4.78, 5) is 12.0. The van der Waals surface area contributed by atoms with Gasteiger partial charge in [0.15, 0.2) is 0 Å². The van der Waals surface area contributed by atoms with E-state index in [4.69, 9.17) is 11.6 Å². The number of amides is 1. The highest BCUT2D eigenvalue weighted by atomic mass is 35.5. The first-order chi connectivity index (χ1) is 8.65. The highest BCUT2D eigenvalue weighted by Gasteiger charge is 2.22. The summed E-state index contributed by atoms with van der Waals surface area (Å²) in [6.07, 6.45) is 1.40. The number of carbonyl (C=O) groups is 1. The number of piperidine rings is 1. The fourth-order valence-corrected chi connectivity index (χ4v) is 2.53. The fourth-order valence-electron chi connectivity index (χ4n) is 2.32. The molecule has 1 fully saturated rings. The van der Waals surface area contributed by atoms with E-state index in [1.54, 1.807) is 0 Å². The van der Waals surface area contributed by atoms with Crippen molar-refractivity contribution in [3.63, 3.8) is 0 Å². The van der Waals surface area contributed by atoms with Gasteiger partial charge in [-0.05, 0) is 43.1 Å². The maximum atomic E-state index is 12.0. The smallest absolute Gasteiger partial charge is 0.224 e. The van der Waals surface area contributed by atoms with E-state index in [2.05, 4.69) is 17.6 Å². The van der Waals surface area contributed by atoms with E-state index in [0.29, 0.717) is 17.4 Å². The van der Waals surface area contributed by atoms with Crippen LogP contribution in [0.3, 0.4) is 0 Å². The van der Waals surface area contributed by atoms with E-state index in [0.717, 1.165) is 25.1 Å². The van der Waals surface area contributed by atoms with Crippen molar-refractivity contribution in [2.45, 2.75) is 25.8 Å². The van der Waals surface area contributed by atoms with Crippen molar-refractivity contribution in [1.29, 1.82) is 0 Å². The van der Waals surface area contributed by atoms with Gasteiger partial charge in [0.1, 0.15) is 0 Å². The van der Waals surface area contributed by atoms with Crippen LogP contribution in [0.25, 0.3) is 0 Å². The van der Waals surface area contributed by atoms with Crippen LogP contribution in [0, 0.1) is 5.92 Å². The van der Waals surface area contributed by atoms with Crippen LogP contribution in [0.5, 0.6) is 0 Å². The monoisotopic (exact) mass is 302 g/mol. The van der Waals surface area contributed by atoms with Crippen molar-refractivity contribution in [3.8, 4) is 0 Å². The molecule has 3 nitrogen and oxygen atoms in total. The molecule has 0 spiro atoms. The summed E-state index contributed by atoms with van der Waals surface area (Å²) in [5.41, 5.74) is 0.960. The largest absolute Gasteiger partial charge is 0.353 e. The molecule has 2 atom stereocenters. The Morgan fingerprint density at radius 2 is 2.32 bits per heavy atom. The Morgan fingerprint density at radius 1 is 1.53 bits per heavy atom. The molecule has 2 unspecified atom stereocenters. The van der Waals surface area contributed by atoms with E-state index in [-0.39, 0.29) is 24.4 Å². The summed E-state index contributed by atoms with van der Waals surface area (Å²) < 4.78 is 0. The summed E-state index contributed by atoms with van der Waals surface area (Å²) in [5.74, 6) is 0.568. The van der Waals surface area contributed by atoms with Crippen LogP contribution < -0.4 is 10.6 Å². The second-order valence-electron chi connectivity index (χ2n) is 4.95. The number of nitrogens with one attached hydrogen (secondary N) is 2. The number of carbonyl (C=O) groups excluding carboxylic acids is 1. The minimum absolute atomic E-state index is 0. The first kappa shape index (κ1) is 16.3. The van der Waals surface area contributed by atoms with Crippen molar-refractivity contribution in [1.82, 2.24) is 10.6 Å². The van der Waals surface area contributed by atoms with Crippen molar-refractivity contribution in [2.24, 2.45) is 5.92 Å². The van der Waals surface area contributed by atoms with E-state index >= 15 is 0 Å². The van der Waals surface area contributed by atoms with Crippen molar-refractivity contribution < 1.29 is 4.79 Å². The number of hydrogen-bond acceptors (Lipinski definition) is 2. The fraction of sp³-hybridized carbons (Fsp3) is 0.500. The van der Waals surface area contributed by atoms with Crippen LogP contribution in [0.1, 0.15) is 18.9 Å². The third kappa shape index (κ3) is 5.01. The molecule has 5 heteroatoms. The molecule has 2 N–H and O–H groups in total. The second kappa shape index (κ2) is 7.73. The summed E-state index contributed by atoms with van der Waals surface area (Å²) in [7, 11) is 0. The predicted octanol–water partition coefficient (Wildman–Crippen LogP) is 2.42. The highest BCUT2D eigenvalue weighted by molar-refractivity contribution is 6.30. The zero-order valence-corrected chi connectivity index (χ0v) is 12.6. The van der Waals surface area contributed by atoms with Crippen molar-refractivity contribution in [3.05, 3.63) is 34.9 Å². The maximum Gasteiger partial charge on any atom is 0.224 e. The van der Waals surface area contributed by atoms with Crippen LogP contribution in [-0.4, -0.2) is 25.0 Å². The normalized spacial score (nSPS) is 22.4. The zero-order chi connectivity index (χ0) is 13.0. The maximum absolute atomic E-state index is 12.0. The van der Waals surface area contributed by atoms with Gasteiger partial charge in [-0.2, -0.15) is 0 Å². The van der Waals surface area contributed by atoms with Gasteiger partial charge in [-0.25, -0.2) is 0 Å². The van der Waals surface area contributed by atoms with Crippen LogP contribution in [-0.2, 0) is 11.2 Å². The van der Waals surface area contributed by atoms with E-state index in [9.17, 15) is 4.79 Å². The average molecular weight is 303 g/mol. The molecule has 1 saturated heterocycles. The lowest BCUT2D eigenvalue weighted by Gasteiger charge is -2.30. The predicted molar refractivity (Wildman–Crippen MR) is 81.0 cm³/mol. The Hall–Kier alpha value is -0.770. The Labute approximate surface area is 125 Å². The van der Waals surface area contributed by atoms with E-state index in [1.807, 2.05) is 24.3 Å². The van der Waals surface area contributed by atoms with Crippen LogP contribution in [0.4, 0.5) is 0 Å². The Balaban J connectivity index is 0.00000180. The summed E-state index contributed by atoms with van der Waals surface area (Å²) >= 11 is 5.90. The number of benzene rings is 1. The topological polar surface area (TPSA) is 41.1 Å². The highest BCUT2D eigenvalue weighted by Crippen LogP contribution is 2.13. The molecule has 0 radical (unpaired) electrons. The van der Waals surface area contributed by atoms with Gasteiger partial charge in [0, 0.05) is 11.1 Å². The molecule has 2 rings (SSSR count). The van der Waals surface area contributed by atoms with Crippen LogP contribution >= 0.6 is 24.0 Å². The van der Waals surface area contributed by atoms with Gasteiger partial charge in [0.2, 0.25) is 5.91 Å². The third-order valence-corrected chi connectivity index (χ3v) is 3.62. The second-order valence-corrected chi connectivity index (χ2v) is 5.39. The number of hydrogen-bond donors (Lipinski definition) is 2. The van der Waals surface area contributed by atoms with Crippen LogP contribution in [0.15, 0.2) is 24.3 Å². The molecule has 1 heterocycles. The first-order valence-corrected chi connectivity index (χ1v) is 6.77. The first-order valence-electron chi connectivity index (χ1n) is 6.39. The molecular formula is C14H20Cl2N2O. The molecule has 0 saturated carbocycles. The van der Waals surface area contributed by atoms with Crippen LogP contribution in [0.2, 0.25) is 5.02 Å². The summed E-state index contributed by atoms with van der Waals surface area (Å²) in [6, 6.07) is 7.75. The molecule has 1 aromatic rings. The van der Waals surface area contributed by atoms with Crippen molar-refractivity contribution in [2.75, 3.05) is 13.1 Å². The van der Waals surface area contributed by atoms with E-state index < -0.39 is 0 Å². The molecule has 19 heavy (non-hydrogen) atoms. The van der Waals surface area contributed by atoms with Gasteiger partial charge >= 0.3 is 0 Å². The number of rotatable bonds is 3. The van der Waals surface area contributed by atoms with Crippen molar-refractivity contribution >= 4 is 29.9 Å².